The number of nitrogens with one attached hydrogen (secondary N) is 1. The molecule has 20 heavy (non-hydrogen) atoms. The molecule has 1 aromatic rings. The summed E-state index contributed by atoms with van der Waals surface area (Å²) in [5.74, 6) is -4.39. The van der Waals surface area contributed by atoms with E-state index in [2.05, 4.69) is 5.32 Å². The molecule has 1 aromatic carbocycles. The van der Waals surface area contributed by atoms with Gasteiger partial charge in [0.25, 0.3) is 0 Å². The molecule has 1 aliphatic carbocycles. The summed E-state index contributed by atoms with van der Waals surface area (Å²) in [5.41, 5.74) is 5.89. The number of halogens is 2. The van der Waals surface area contributed by atoms with Gasteiger partial charge in [-0.3, -0.25) is 9.59 Å². The lowest BCUT2D eigenvalue weighted by atomic mass is 9.86. The molecule has 1 fully saturated rings. The van der Waals surface area contributed by atoms with Crippen LogP contribution >= 0.6 is 0 Å². The smallest absolute Gasteiger partial charge is 0.248 e. The Kier molecular flexibility index (Phi) is 4.01. The first kappa shape index (κ1) is 14.4. The largest absolute Gasteiger partial charge is 0.366 e. The summed E-state index contributed by atoms with van der Waals surface area (Å²) in [5, 5.41) is 2.59. The maximum absolute atomic E-state index is 13.3. The molecule has 0 aliphatic heterocycles. The number of benzene rings is 1. The molecule has 1 saturated carbocycles. The molecule has 0 saturated heterocycles. The molecule has 0 aromatic heterocycles. The van der Waals surface area contributed by atoms with E-state index < -0.39 is 30.1 Å². The molecule has 6 heteroatoms. The number of nitrogens with two attached hydrogens (primary N) is 1. The molecule has 0 spiro atoms. The monoisotopic (exact) mass is 282 g/mol. The number of primary amides is 1. The number of hydrogen-bond acceptors (Lipinski definition) is 2. The van der Waals surface area contributed by atoms with Crippen LogP contribution in [0.1, 0.15) is 36.0 Å². The second kappa shape index (κ2) is 5.56. The molecule has 1 atom stereocenters. The summed E-state index contributed by atoms with van der Waals surface area (Å²) in [4.78, 5) is 22.8. The Bertz CT molecular complexity index is 514. The van der Waals surface area contributed by atoms with Crippen molar-refractivity contribution in [2.75, 3.05) is 5.32 Å². The zero-order valence-electron chi connectivity index (χ0n) is 10.9. The van der Waals surface area contributed by atoms with Gasteiger partial charge in [-0.15, -0.1) is 0 Å². The number of alkyl halides is 2. The lowest BCUT2D eigenvalue weighted by Crippen LogP contribution is -2.33. The lowest BCUT2D eigenvalue weighted by Gasteiger charge is -2.27. The van der Waals surface area contributed by atoms with Gasteiger partial charge in [-0.05, 0) is 37.1 Å². The van der Waals surface area contributed by atoms with Gasteiger partial charge >= 0.3 is 0 Å². The fraction of sp³-hybridized carbons (Fsp3) is 0.429. The van der Waals surface area contributed by atoms with E-state index in [-0.39, 0.29) is 6.42 Å². The molecule has 4 nitrogen and oxygen atoms in total. The minimum Gasteiger partial charge on any atom is -0.366 e. The van der Waals surface area contributed by atoms with Crippen molar-refractivity contribution in [2.45, 2.75) is 31.6 Å². The average molecular weight is 282 g/mol. The van der Waals surface area contributed by atoms with E-state index in [0.29, 0.717) is 24.1 Å². The molecule has 0 radical (unpaired) electrons. The number of amides is 2. The van der Waals surface area contributed by atoms with Crippen LogP contribution in [-0.4, -0.2) is 17.7 Å². The van der Waals surface area contributed by atoms with Crippen LogP contribution in [0.2, 0.25) is 0 Å². The molecular formula is C14H16F2N2O2. The topological polar surface area (TPSA) is 72.2 Å². The second-order valence-electron chi connectivity index (χ2n) is 5.08. The zero-order valence-corrected chi connectivity index (χ0v) is 10.9. The maximum atomic E-state index is 13.3. The van der Waals surface area contributed by atoms with Crippen LogP contribution in [0.3, 0.4) is 0 Å². The molecular weight excluding hydrogens is 266 g/mol. The minimum atomic E-state index is -2.75. The Morgan fingerprint density at radius 2 is 1.90 bits per heavy atom. The van der Waals surface area contributed by atoms with Crippen molar-refractivity contribution >= 4 is 17.5 Å². The van der Waals surface area contributed by atoms with Crippen molar-refractivity contribution in [1.29, 1.82) is 0 Å². The van der Waals surface area contributed by atoms with E-state index in [0.717, 1.165) is 0 Å². The summed E-state index contributed by atoms with van der Waals surface area (Å²) >= 11 is 0. The molecule has 3 N–H and O–H groups in total. The lowest BCUT2D eigenvalue weighted by molar-refractivity contribution is -0.127. The number of carbonyl (C=O) groups excluding carboxylic acids is 2. The SMILES string of the molecule is NC(=O)c1ccc(NC(=O)[C@H]2CCCC(F)(F)C2)cc1. The van der Waals surface area contributed by atoms with Crippen molar-refractivity contribution in [1.82, 2.24) is 0 Å². The van der Waals surface area contributed by atoms with Crippen molar-refractivity contribution in [3.63, 3.8) is 0 Å². The normalized spacial score (nSPS) is 21.2. The zero-order chi connectivity index (χ0) is 14.8. The van der Waals surface area contributed by atoms with Crippen LogP contribution in [0.5, 0.6) is 0 Å². The van der Waals surface area contributed by atoms with Crippen molar-refractivity contribution in [3.05, 3.63) is 29.8 Å². The Balaban J connectivity index is 1.99. The van der Waals surface area contributed by atoms with Gasteiger partial charge in [0, 0.05) is 30.0 Å². The Morgan fingerprint density at radius 1 is 1.25 bits per heavy atom. The van der Waals surface area contributed by atoms with Gasteiger partial charge in [0.1, 0.15) is 0 Å². The van der Waals surface area contributed by atoms with E-state index in [1.54, 1.807) is 0 Å². The van der Waals surface area contributed by atoms with Crippen LogP contribution in [-0.2, 0) is 4.79 Å². The number of rotatable bonds is 3. The molecule has 2 amide bonds. The first-order valence-electron chi connectivity index (χ1n) is 6.46. The summed E-state index contributed by atoms with van der Waals surface area (Å²) in [7, 11) is 0. The van der Waals surface area contributed by atoms with Crippen molar-refractivity contribution < 1.29 is 18.4 Å². The summed E-state index contributed by atoms with van der Waals surface area (Å²) in [6.45, 7) is 0. The van der Waals surface area contributed by atoms with Gasteiger partial charge in [-0.2, -0.15) is 0 Å². The highest BCUT2D eigenvalue weighted by Gasteiger charge is 2.39. The molecule has 2 rings (SSSR count). The van der Waals surface area contributed by atoms with Gasteiger partial charge in [0.2, 0.25) is 17.7 Å². The van der Waals surface area contributed by atoms with Crippen LogP contribution in [0.4, 0.5) is 14.5 Å². The highest BCUT2D eigenvalue weighted by molar-refractivity contribution is 5.95. The highest BCUT2D eigenvalue weighted by Crippen LogP contribution is 2.37. The second-order valence-corrected chi connectivity index (χ2v) is 5.08. The molecule has 0 bridgehead atoms. The summed E-state index contributed by atoms with van der Waals surface area (Å²) in [6.07, 6.45) is 0.273. The number of anilines is 1. The van der Waals surface area contributed by atoms with Gasteiger partial charge in [-0.25, -0.2) is 8.78 Å². The molecule has 0 heterocycles. The first-order chi connectivity index (χ1) is 9.37. The summed E-state index contributed by atoms with van der Waals surface area (Å²) < 4.78 is 26.5. The Morgan fingerprint density at radius 3 is 2.45 bits per heavy atom. The fourth-order valence-corrected chi connectivity index (χ4v) is 2.36. The Labute approximate surface area is 115 Å². The highest BCUT2D eigenvalue weighted by atomic mass is 19.3. The predicted octanol–water partition coefficient (Wildman–Crippen LogP) is 2.55. The van der Waals surface area contributed by atoms with Crippen molar-refractivity contribution in [2.24, 2.45) is 11.7 Å². The fourth-order valence-electron chi connectivity index (χ4n) is 2.36. The summed E-state index contributed by atoms with van der Waals surface area (Å²) in [6, 6.07) is 6.01. The van der Waals surface area contributed by atoms with Gasteiger partial charge in [-0.1, -0.05) is 0 Å². The van der Waals surface area contributed by atoms with Crippen LogP contribution in [0, 0.1) is 5.92 Å². The maximum Gasteiger partial charge on any atom is 0.248 e. The molecule has 108 valence electrons. The number of carbonyl (C=O) groups is 2. The third kappa shape index (κ3) is 3.53. The van der Waals surface area contributed by atoms with Gasteiger partial charge in [0.05, 0.1) is 0 Å². The van der Waals surface area contributed by atoms with E-state index >= 15 is 0 Å². The third-order valence-electron chi connectivity index (χ3n) is 3.45. The molecule has 0 unspecified atom stereocenters. The number of hydrogen-bond donors (Lipinski definition) is 2. The van der Waals surface area contributed by atoms with E-state index in [1.165, 1.54) is 24.3 Å². The van der Waals surface area contributed by atoms with Crippen LogP contribution in [0.25, 0.3) is 0 Å². The van der Waals surface area contributed by atoms with Crippen molar-refractivity contribution in [3.8, 4) is 0 Å². The van der Waals surface area contributed by atoms with E-state index in [4.69, 9.17) is 5.73 Å². The van der Waals surface area contributed by atoms with Gasteiger partial charge in [0.15, 0.2) is 0 Å². The first-order valence-corrected chi connectivity index (χ1v) is 6.46. The predicted molar refractivity (Wildman–Crippen MR) is 70.5 cm³/mol. The van der Waals surface area contributed by atoms with Crippen LogP contribution in [0.15, 0.2) is 24.3 Å². The van der Waals surface area contributed by atoms with Crippen LogP contribution < -0.4 is 11.1 Å². The quantitative estimate of drug-likeness (QED) is 0.894. The molecule has 1 aliphatic rings. The average Bonchev–Trinajstić information content (AvgIpc) is 2.38. The third-order valence-corrected chi connectivity index (χ3v) is 3.45. The minimum absolute atomic E-state index is 0.149. The standard InChI is InChI=1S/C14H16F2N2O2/c15-14(16)7-1-2-10(8-14)13(20)18-11-5-3-9(4-6-11)12(17)19/h3-6,10H,1-2,7-8H2,(H2,17,19)(H,18,20)/t10-/m0/s1. The van der Waals surface area contributed by atoms with Gasteiger partial charge < -0.3 is 11.1 Å². The van der Waals surface area contributed by atoms with E-state index in [9.17, 15) is 18.4 Å². The van der Waals surface area contributed by atoms with E-state index in [1.807, 2.05) is 0 Å². The Hall–Kier alpha value is -1.98.